The van der Waals surface area contributed by atoms with Crippen LogP contribution >= 0.6 is 0 Å². The Balaban J connectivity index is 2.09. The summed E-state index contributed by atoms with van der Waals surface area (Å²) in [5.41, 5.74) is 5.01. The summed E-state index contributed by atoms with van der Waals surface area (Å²) >= 11 is 0. The Labute approximate surface area is 164 Å². The van der Waals surface area contributed by atoms with Gasteiger partial charge in [-0.05, 0) is 42.5 Å². The highest BCUT2D eigenvalue weighted by Gasteiger charge is 2.20. The summed E-state index contributed by atoms with van der Waals surface area (Å²) in [6.07, 6.45) is 3.13. The number of carbonyl (C=O) groups excluding carboxylic acids is 1. The summed E-state index contributed by atoms with van der Waals surface area (Å²) in [5, 5.41) is 17.2. The summed E-state index contributed by atoms with van der Waals surface area (Å²) in [6, 6.07) is 10.3. The second kappa shape index (κ2) is 7.35. The standard InChI is InChI=1S/C22H24N4O2/c1-6-28-21(27)18-13-26-20(14(18)2)19(15(11-23)12-24-26)25-17-9-7-16(8-10-17)22(3,4)5/h7-10,12-13,25H,6H2,1-5H3. The van der Waals surface area contributed by atoms with Gasteiger partial charge in [-0.2, -0.15) is 10.4 Å². The van der Waals surface area contributed by atoms with Crippen LogP contribution in [0.25, 0.3) is 5.52 Å². The molecule has 0 spiro atoms. The normalized spacial score (nSPS) is 11.3. The zero-order valence-corrected chi connectivity index (χ0v) is 16.8. The highest BCUT2D eigenvalue weighted by molar-refractivity contribution is 5.97. The van der Waals surface area contributed by atoms with Gasteiger partial charge in [0.15, 0.2) is 0 Å². The van der Waals surface area contributed by atoms with Crippen molar-refractivity contribution in [1.29, 1.82) is 5.26 Å². The lowest BCUT2D eigenvalue weighted by Crippen LogP contribution is -2.10. The SMILES string of the molecule is CCOC(=O)c1cn2ncc(C#N)c(Nc3ccc(C(C)(C)C)cc3)c2c1C. The number of ether oxygens (including phenoxy) is 1. The fraction of sp³-hybridized carbons (Fsp3) is 0.318. The molecule has 144 valence electrons. The number of hydrogen-bond acceptors (Lipinski definition) is 5. The average Bonchev–Trinajstić information content (AvgIpc) is 2.99. The van der Waals surface area contributed by atoms with Crippen molar-refractivity contribution in [3.8, 4) is 6.07 Å². The summed E-state index contributed by atoms with van der Waals surface area (Å²) < 4.78 is 6.74. The maximum absolute atomic E-state index is 12.2. The molecule has 0 aliphatic carbocycles. The highest BCUT2D eigenvalue weighted by atomic mass is 16.5. The number of aryl methyl sites for hydroxylation is 1. The van der Waals surface area contributed by atoms with Crippen molar-refractivity contribution >= 4 is 22.9 Å². The van der Waals surface area contributed by atoms with Crippen LogP contribution in [0.5, 0.6) is 0 Å². The Morgan fingerprint density at radius 1 is 1.29 bits per heavy atom. The molecule has 6 heteroatoms. The molecule has 0 unspecified atom stereocenters. The third-order valence-electron chi connectivity index (χ3n) is 4.69. The molecule has 1 N–H and O–H groups in total. The molecule has 28 heavy (non-hydrogen) atoms. The molecule has 2 aromatic heterocycles. The molecule has 0 amide bonds. The van der Waals surface area contributed by atoms with Crippen LogP contribution in [0.3, 0.4) is 0 Å². The molecule has 0 saturated carbocycles. The van der Waals surface area contributed by atoms with Gasteiger partial charge in [-0.1, -0.05) is 32.9 Å². The molecule has 0 fully saturated rings. The number of nitrogens with one attached hydrogen (secondary N) is 1. The van der Waals surface area contributed by atoms with Crippen LogP contribution in [0.15, 0.2) is 36.7 Å². The molecule has 6 nitrogen and oxygen atoms in total. The van der Waals surface area contributed by atoms with Crippen molar-refractivity contribution in [3.63, 3.8) is 0 Å². The molecular weight excluding hydrogens is 352 g/mol. The lowest BCUT2D eigenvalue weighted by atomic mass is 9.87. The minimum atomic E-state index is -0.399. The van der Waals surface area contributed by atoms with Gasteiger partial charge in [-0.3, -0.25) is 0 Å². The minimum Gasteiger partial charge on any atom is -0.462 e. The number of aromatic nitrogens is 2. The maximum Gasteiger partial charge on any atom is 0.340 e. The lowest BCUT2D eigenvalue weighted by Gasteiger charge is -2.19. The number of esters is 1. The van der Waals surface area contributed by atoms with E-state index < -0.39 is 5.97 Å². The summed E-state index contributed by atoms with van der Waals surface area (Å²) in [4.78, 5) is 12.2. The van der Waals surface area contributed by atoms with Gasteiger partial charge in [0, 0.05) is 11.9 Å². The van der Waals surface area contributed by atoms with Gasteiger partial charge in [0.25, 0.3) is 0 Å². The van der Waals surface area contributed by atoms with Crippen LogP contribution in [0, 0.1) is 18.3 Å². The van der Waals surface area contributed by atoms with Crippen molar-refractivity contribution in [1.82, 2.24) is 9.61 Å². The fourth-order valence-electron chi connectivity index (χ4n) is 3.11. The maximum atomic E-state index is 12.2. The van der Waals surface area contributed by atoms with Gasteiger partial charge in [-0.25, -0.2) is 9.31 Å². The van der Waals surface area contributed by atoms with E-state index >= 15 is 0 Å². The highest BCUT2D eigenvalue weighted by Crippen LogP contribution is 2.31. The third kappa shape index (κ3) is 3.56. The monoisotopic (exact) mass is 376 g/mol. The summed E-state index contributed by atoms with van der Waals surface area (Å²) in [6.45, 7) is 10.4. The van der Waals surface area contributed by atoms with E-state index in [-0.39, 0.29) is 5.41 Å². The smallest absolute Gasteiger partial charge is 0.340 e. The Hall–Kier alpha value is -3.33. The van der Waals surface area contributed by atoms with Gasteiger partial charge in [0.1, 0.15) is 6.07 Å². The molecule has 0 saturated heterocycles. The van der Waals surface area contributed by atoms with Crippen molar-refractivity contribution in [3.05, 3.63) is 58.9 Å². The number of fused-ring (bicyclic) bond motifs is 1. The van der Waals surface area contributed by atoms with Gasteiger partial charge >= 0.3 is 5.97 Å². The van der Waals surface area contributed by atoms with E-state index in [0.29, 0.717) is 28.9 Å². The zero-order chi connectivity index (χ0) is 20.5. The van der Waals surface area contributed by atoms with Crippen molar-refractivity contribution in [2.24, 2.45) is 0 Å². The fourth-order valence-corrected chi connectivity index (χ4v) is 3.11. The second-order valence-corrected chi connectivity index (χ2v) is 7.68. The molecule has 0 aliphatic rings. The first-order chi connectivity index (χ1) is 13.3. The first-order valence-corrected chi connectivity index (χ1v) is 9.22. The number of anilines is 2. The molecular formula is C22H24N4O2. The molecule has 0 radical (unpaired) electrons. The zero-order valence-electron chi connectivity index (χ0n) is 16.8. The quantitative estimate of drug-likeness (QED) is 0.666. The second-order valence-electron chi connectivity index (χ2n) is 7.68. The van der Waals surface area contributed by atoms with Crippen LogP contribution in [-0.4, -0.2) is 22.2 Å². The van der Waals surface area contributed by atoms with E-state index in [2.05, 4.69) is 49.4 Å². The van der Waals surface area contributed by atoms with E-state index in [4.69, 9.17) is 4.74 Å². The first kappa shape index (κ1) is 19.4. The van der Waals surface area contributed by atoms with Gasteiger partial charge in [-0.15, -0.1) is 0 Å². The Bertz CT molecular complexity index is 1070. The third-order valence-corrected chi connectivity index (χ3v) is 4.69. The van der Waals surface area contributed by atoms with E-state index in [9.17, 15) is 10.1 Å². The Kier molecular flexibility index (Phi) is 5.10. The lowest BCUT2D eigenvalue weighted by molar-refractivity contribution is 0.0525. The van der Waals surface area contributed by atoms with Crippen molar-refractivity contribution < 1.29 is 9.53 Å². The van der Waals surface area contributed by atoms with Gasteiger partial charge in [0.05, 0.1) is 35.1 Å². The van der Waals surface area contributed by atoms with Crippen LogP contribution in [0.1, 0.15) is 54.7 Å². The largest absolute Gasteiger partial charge is 0.462 e. The first-order valence-electron chi connectivity index (χ1n) is 9.22. The average molecular weight is 376 g/mol. The molecule has 0 atom stereocenters. The van der Waals surface area contributed by atoms with Gasteiger partial charge in [0.2, 0.25) is 0 Å². The van der Waals surface area contributed by atoms with Crippen molar-refractivity contribution in [2.75, 3.05) is 11.9 Å². The van der Waals surface area contributed by atoms with Crippen LogP contribution in [0.4, 0.5) is 11.4 Å². The molecule has 3 rings (SSSR count). The molecule has 2 heterocycles. The van der Waals surface area contributed by atoms with E-state index in [1.807, 2.05) is 19.1 Å². The van der Waals surface area contributed by atoms with Crippen LogP contribution in [-0.2, 0) is 10.2 Å². The van der Waals surface area contributed by atoms with E-state index in [1.165, 1.54) is 11.8 Å². The van der Waals surface area contributed by atoms with Crippen LogP contribution in [0.2, 0.25) is 0 Å². The number of hydrogen-bond donors (Lipinski definition) is 1. The van der Waals surface area contributed by atoms with E-state index in [0.717, 1.165) is 11.3 Å². The van der Waals surface area contributed by atoms with Crippen molar-refractivity contribution in [2.45, 2.75) is 40.0 Å². The molecule has 0 aliphatic heterocycles. The van der Waals surface area contributed by atoms with Gasteiger partial charge < -0.3 is 10.1 Å². The molecule has 0 bridgehead atoms. The minimum absolute atomic E-state index is 0.0624. The number of nitrogens with zero attached hydrogens (tertiary/aromatic N) is 3. The number of nitriles is 1. The molecule has 3 aromatic rings. The summed E-state index contributed by atoms with van der Waals surface area (Å²) in [5.74, 6) is -0.399. The Morgan fingerprint density at radius 2 is 1.96 bits per heavy atom. The van der Waals surface area contributed by atoms with Crippen LogP contribution < -0.4 is 5.32 Å². The summed E-state index contributed by atoms with van der Waals surface area (Å²) in [7, 11) is 0. The predicted molar refractivity (Wildman–Crippen MR) is 109 cm³/mol. The predicted octanol–water partition coefficient (Wildman–Crippen LogP) is 4.73. The number of rotatable bonds is 4. The number of benzene rings is 1. The Morgan fingerprint density at radius 3 is 2.54 bits per heavy atom. The topological polar surface area (TPSA) is 79.4 Å². The number of carbonyl (C=O) groups is 1. The van der Waals surface area contributed by atoms with E-state index in [1.54, 1.807) is 17.6 Å². The molecule has 1 aromatic carbocycles.